The lowest BCUT2D eigenvalue weighted by Gasteiger charge is -2.27. The van der Waals surface area contributed by atoms with Crippen molar-refractivity contribution >= 4 is 27.5 Å². The van der Waals surface area contributed by atoms with Crippen LogP contribution in [-0.2, 0) is 26.2 Å². The van der Waals surface area contributed by atoms with Crippen molar-refractivity contribution < 1.29 is 36.6 Å². The number of nitrogens with zero attached hydrogens (tertiary/aromatic N) is 1. The Balaban J connectivity index is 1.59. The Hall–Kier alpha value is -3.87. The fourth-order valence-corrected chi connectivity index (χ4v) is 5.51. The van der Waals surface area contributed by atoms with Crippen LogP contribution in [0.2, 0.25) is 0 Å². The number of hydrogen-bond acceptors (Lipinski definition) is 6. The minimum atomic E-state index is -3.66. The van der Waals surface area contributed by atoms with Crippen LogP contribution in [0.15, 0.2) is 66.7 Å². The lowest BCUT2D eigenvalue weighted by molar-refractivity contribution is -0.125. The number of aliphatic hydroxyl groups is 1. The summed E-state index contributed by atoms with van der Waals surface area (Å²) in [6.07, 6.45) is 1.67. The van der Waals surface area contributed by atoms with Gasteiger partial charge in [-0.3, -0.25) is 13.9 Å². The Morgan fingerprint density at radius 3 is 2.26 bits per heavy atom. The molecule has 0 aliphatic heterocycles. The molecule has 4 atom stereocenters. The number of nitrogens with one attached hydrogen (secondary N) is 2. The zero-order valence-electron chi connectivity index (χ0n) is 26.4. The second-order valence-electron chi connectivity index (χ2n) is 12.0. The van der Waals surface area contributed by atoms with Crippen LogP contribution in [0.4, 0.5) is 14.5 Å². The number of ether oxygens (including phenoxy) is 1. The Morgan fingerprint density at radius 2 is 1.65 bits per heavy atom. The van der Waals surface area contributed by atoms with Crippen LogP contribution < -0.4 is 14.9 Å². The number of carbonyl (C=O) groups is 2. The third-order valence-corrected chi connectivity index (χ3v) is 9.30. The van der Waals surface area contributed by atoms with Crippen molar-refractivity contribution in [1.29, 1.82) is 0 Å². The highest BCUT2D eigenvalue weighted by atomic mass is 32.2. The number of amides is 2. The molecule has 0 spiro atoms. The molecular weight excluding hydrogens is 616 g/mol. The first-order chi connectivity index (χ1) is 21.7. The average Bonchev–Trinajstić information content (AvgIpc) is 3.83. The standard InChI is InChI=1S/C34H41F2N3O6S/c1-21(33(41)37-29-10-11-29)12-32(40)31(20-45-19-23-13-27(35)18-28(36)14-23)38-34(42)26-15-25(22(2)24-8-6-5-7-9-24)16-30(17-26)39(3)46(4,43)44/h5-9,13-18,21-22,29,31-32,40H,10-12,19-20H2,1-4H3,(H,37,41)(H,38,42)/t21-,22-,31+,32+/m1/s1. The van der Waals surface area contributed by atoms with Gasteiger partial charge in [-0.05, 0) is 66.3 Å². The molecule has 1 aliphatic carbocycles. The van der Waals surface area contributed by atoms with Crippen LogP contribution in [0.25, 0.3) is 0 Å². The van der Waals surface area contributed by atoms with Crippen LogP contribution in [-0.4, -0.2) is 63.4 Å². The zero-order chi connectivity index (χ0) is 33.6. The summed E-state index contributed by atoms with van der Waals surface area (Å²) in [6.45, 7) is 3.19. The third kappa shape index (κ3) is 9.81. The number of rotatable bonds is 15. The minimum Gasteiger partial charge on any atom is -0.391 e. The maximum absolute atomic E-state index is 13.8. The van der Waals surface area contributed by atoms with Crippen molar-refractivity contribution in [1.82, 2.24) is 10.6 Å². The first-order valence-corrected chi connectivity index (χ1v) is 17.0. The highest BCUT2D eigenvalue weighted by Crippen LogP contribution is 2.30. The van der Waals surface area contributed by atoms with Crippen LogP contribution in [0.3, 0.4) is 0 Å². The lowest BCUT2D eigenvalue weighted by atomic mass is 9.91. The second kappa shape index (κ2) is 15.1. The summed E-state index contributed by atoms with van der Waals surface area (Å²) < 4.78 is 59.1. The molecule has 4 rings (SSSR count). The number of anilines is 1. The topological polar surface area (TPSA) is 125 Å². The first kappa shape index (κ1) is 35.0. The molecule has 3 aromatic carbocycles. The van der Waals surface area contributed by atoms with Gasteiger partial charge in [0.05, 0.1) is 37.3 Å². The summed E-state index contributed by atoms with van der Waals surface area (Å²) in [7, 11) is -2.27. The largest absolute Gasteiger partial charge is 0.391 e. The van der Waals surface area contributed by atoms with Gasteiger partial charge in [0.25, 0.3) is 5.91 Å². The molecule has 1 saturated carbocycles. The first-order valence-electron chi connectivity index (χ1n) is 15.2. The molecule has 1 fully saturated rings. The molecule has 9 nitrogen and oxygen atoms in total. The van der Waals surface area contributed by atoms with Gasteiger partial charge in [-0.1, -0.05) is 44.2 Å². The number of carbonyl (C=O) groups excluding carboxylic acids is 2. The van der Waals surface area contributed by atoms with Gasteiger partial charge < -0.3 is 20.5 Å². The second-order valence-corrected chi connectivity index (χ2v) is 14.0. The highest BCUT2D eigenvalue weighted by molar-refractivity contribution is 7.92. The van der Waals surface area contributed by atoms with Crippen molar-refractivity contribution in [2.75, 3.05) is 24.2 Å². The summed E-state index contributed by atoms with van der Waals surface area (Å²) in [4.78, 5) is 26.4. The van der Waals surface area contributed by atoms with Crippen molar-refractivity contribution in [3.05, 3.63) is 101 Å². The minimum absolute atomic E-state index is 0.00853. The van der Waals surface area contributed by atoms with Gasteiger partial charge in [0.2, 0.25) is 15.9 Å². The van der Waals surface area contributed by atoms with E-state index in [-0.39, 0.29) is 54.3 Å². The van der Waals surface area contributed by atoms with Crippen molar-refractivity contribution in [2.24, 2.45) is 5.92 Å². The van der Waals surface area contributed by atoms with E-state index >= 15 is 0 Å². The van der Waals surface area contributed by atoms with E-state index in [1.54, 1.807) is 19.1 Å². The van der Waals surface area contributed by atoms with Crippen LogP contribution in [0.5, 0.6) is 0 Å². The number of hydrogen-bond donors (Lipinski definition) is 3. The quantitative estimate of drug-likeness (QED) is 0.221. The normalized spacial score (nSPS) is 15.8. The summed E-state index contributed by atoms with van der Waals surface area (Å²) in [5.74, 6) is -3.11. The van der Waals surface area contributed by atoms with E-state index < -0.39 is 45.6 Å². The fourth-order valence-electron chi connectivity index (χ4n) is 5.03. The maximum Gasteiger partial charge on any atom is 0.251 e. The number of benzene rings is 3. The van der Waals surface area contributed by atoms with Gasteiger partial charge in [0, 0.05) is 36.6 Å². The number of aliphatic hydroxyl groups excluding tert-OH is 1. The average molecular weight is 658 g/mol. The molecule has 248 valence electrons. The lowest BCUT2D eigenvalue weighted by Crippen LogP contribution is -2.48. The van der Waals surface area contributed by atoms with E-state index in [9.17, 15) is 31.9 Å². The van der Waals surface area contributed by atoms with E-state index in [0.717, 1.165) is 47.2 Å². The Morgan fingerprint density at radius 1 is 1.00 bits per heavy atom. The predicted octanol–water partition coefficient (Wildman–Crippen LogP) is 4.49. The third-order valence-electron chi connectivity index (χ3n) is 8.10. The molecule has 0 unspecified atom stereocenters. The summed E-state index contributed by atoms with van der Waals surface area (Å²) >= 11 is 0. The zero-order valence-corrected chi connectivity index (χ0v) is 27.2. The van der Waals surface area contributed by atoms with E-state index in [4.69, 9.17) is 4.74 Å². The van der Waals surface area contributed by atoms with E-state index in [1.165, 1.54) is 13.1 Å². The molecule has 0 saturated heterocycles. The molecule has 0 heterocycles. The van der Waals surface area contributed by atoms with Crippen molar-refractivity contribution in [3.63, 3.8) is 0 Å². The molecule has 12 heteroatoms. The molecular formula is C34H41F2N3O6S. The molecule has 3 N–H and O–H groups in total. The van der Waals surface area contributed by atoms with Crippen LogP contribution >= 0.6 is 0 Å². The van der Waals surface area contributed by atoms with E-state index in [0.29, 0.717) is 5.56 Å². The van der Waals surface area contributed by atoms with Crippen LogP contribution in [0.1, 0.15) is 66.1 Å². The Bertz CT molecular complexity index is 1610. The Kier molecular flexibility index (Phi) is 11.5. The fraction of sp³-hybridized carbons (Fsp3) is 0.412. The Labute approximate surface area is 269 Å². The molecule has 46 heavy (non-hydrogen) atoms. The van der Waals surface area contributed by atoms with E-state index in [2.05, 4.69) is 10.6 Å². The highest BCUT2D eigenvalue weighted by Gasteiger charge is 2.30. The van der Waals surface area contributed by atoms with Crippen molar-refractivity contribution in [3.8, 4) is 0 Å². The maximum atomic E-state index is 13.8. The molecule has 0 aromatic heterocycles. The van der Waals surface area contributed by atoms with E-state index in [1.807, 2.05) is 37.3 Å². The van der Waals surface area contributed by atoms with Crippen molar-refractivity contribution in [2.45, 2.75) is 63.8 Å². The summed E-state index contributed by atoms with van der Waals surface area (Å²) in [5.41, 5.74) is 2.30. The molecule has 0 bridgehead atoms. The molecule has 1 aliphatic rings. The SMILES string of the molecule is C[C@H](c1ccccc1)c1cc(C(=O)N[C@@H](COCc2cc(F)cc(F)c2)[C@@H](O)C[C@@H](C)C(=O)NC2CC2)cc(N(C)S(C)(=O)=O)c1. The van der Waals surface area contributed by atoms with Gasteiger partial charge >= 0.3 is 0 Å². The smallest absolute Gasteiger partial charge is 0.251 e. The van der Waals surface area contributed by atoms with Gasteiger partial charge in [0.15, 0.2) is 0 Å². The molecule has 0 radical (unpaired) electrons. The van der Waals surface area contributed by atoms with Gasteiger partial charge in [0.1, 0.15) is 11.6 Å². The molecule has 3 aromatic rings. The predicted molar refractivity (Wildman–Crippen MR) is 172 cm³/mol. The van der Waals surface area contributed by atoms with Gasteiger partial charge in [-0.25, -0.2) is 17.2 Å². The number of halogens is 2. The number of sulfonamides is 1. The molecule has 2 amide bonds. The summed E-state index contributed by atoms with van der Waals surface area (Å²) in [6, 6.07) is 16.5. The van der Waals surface area contributed by atoms with Gasteiger partial charge in [-0.2, -0.15) is 0 Å². The monoisotopic (exact) mass is 657 g/mol. The van der Waals surface area contributed by atoms with Crippen LogP contribution in [0, 0.1) is 17.6 Å². The summed E-state index contributed by atoms with van der Waals surface area (Å²) in [5, 5.41) is 16.9. The van der Waals surface area contributed by atoms with Gasteiger partial charge in [-0.15, -0.1) is 0 Å².